The number of carbonyl (C=O) groups excluding carboxylic acids is 1. The molecule has 4 rings (SSSR count). The molecule has 0 aliphatic carbocycles. The lowest BCUT2D eigenvalue weighted by molar-refractivity contribution is 0.0982. The topological polar surface area (TPSA) is 68.5 Å². The summed E-state index contributed by atoms with van der Waals surface area (Å²) in [7, 11) is -3.76. The SMILES string of the molecule is Cc1cc(S(=O)(=O)c2ccc(CCC(=O)c3ccc4nccn4c3)cc2)c(C)cc1F. The second kappa shape index (κ2) is 8.07. The number of hydrogen-bond acceptors (Lipinski definition) is 4. The molecular formula is C24H21FN2O3S. The predicted octanol–water partition coefficient (Wildman–Crippen LogP) is 4.74. The van der Waals surface area contributed by atoms with Gasteiger partial charge in [0.1, 0.15) is 11.5 Å². The van der Waals surface area contributed by atoms with E-state index in [4.69, 9.17) is 0 Å². The lowest BCUT2D eigenvalue weighted by Gasteiger charge is -2.10. The van der Waals surface area contributed by atoms with Crippen molar-refractivity contribution in [2.24, 2.45) is 0 Å². The molecule has 31 heavy (non-hydrogen) atoms. The van der Waals surface area contributed by atoms with Crippen LogP contribution in [0.15, 0.2) is 76.9 Å². The lowest BCUT2D eigenvalue weighted by atomic mass is 10.0. The van der Waals surface area contributed by atoms with Gasteiger partial charge in [-0.05, 0) is 73.4 Å². The molecular weight excluding hydrogens is 415 g/mol. The van der Waals surface area contributed by atoms with Crippen LogP contribution in [-0.4, -0.2) is 23.6 Å². The number of nitrogens with zero attached hydrogens (tertiary/aromatic N) is 2. The van der Waals surface area contributed by atoms with Gasteiger partial charge in [0, 0.05) is 30.6 Å². The number of rotatable bonds is 6. The Bertz CT molecular complexity index is 1390. The van der Waals surface area contributed by atoms with E-state index in [0.717, 1.165) is 11.2 Å². The fourth-order valence-electron chi connectivity index (χ4n) is 3.49. The Balaban J connectivity index is 1.49. The molecule has 0 saturated carbocycles. The van der Waals surface area contributed by atoms with Gasteiger partial charge in [-0.1, -0.05) is 12.1 Å². The highest BCUT2D eigenvalue weighted by molar-refractivity contribution is 7.91. The number of Topliss-reactive ketones (excluding diaryl/α,β-unsaturated/α-hetero) is 1. The Morgan fingerprint density at radius 1 is 1.03 bits per heavy atom. The molecule has 7 heteroatoms. The average Bonchev–Trinajstić information content (AvgIpc) is 3.22. The molecule has 2 aromatic heterocycles. The van der Waals surface area contributed by atoms with Gasteiger partial charge in [-0.2, -0.15) is 0 Å². The maximum atomic E-state index is 13.7. The normalized spacial score (nSPS) is 11.7. The van der Waals surface area contributed by atoms with Crippen molar-refractivity contribution in [2.45, 2.75) is 36.5 Å². The van der Waals surface area contributed by atoms with E-state index in [9.17, 15) is 17.6 Å². The van der Waals surface area contributed by atoms with Crippen molar-refractivity contribution in [2.75, 3.05) is 0 Å². The summed E-state index contributed by atoms with van der Waals surface area (Å²) in [5.41, 5.74) is 2.90. The molecule has 0 spiro atoms. The summed E-state index contributed by atoms with van der Waals surface area (Å²) in [4.78, 5) is 16.9. The molecule has 0 amide bonds. The molecule has 0 aliphatic heterocycles. The van der Waals surface area contributed by atoms with Gasteiger partial charge in [0.25, 0.3) is 0 Å². The molecule has 0 unspecified atom stereocenters. The highest BCUT2D eigenvalue weighted by Gasteiger charge is 2.21. The van der Waals surface area contributed by atoms with Crippen molar-refractivity contribution in [3.8, 4) is 0 Å². The smallest absolute Gasteiger partial charge is 0.206 e. The summed E-state index contributed by atoms with van der Waals surface area (Å²) in [5, 5.41) is 0. The Hall–Kier alpha value is -3.32. The monoisotopic (exact) mass is 436 g/mol. The minimum Gasteiger partial charge on any atom is -0.306 e. The molecule has 2 aromatic carbocycles. The lowest BCUT2D eigenvalue weighted by Crippen LogP contribution is -2.06. The highest BCUT2D eigenvalue weighted by Crippen LogP contribution is 2.26. The molecule has 0 atom stereocenters. The number of imidazole rings is 1. The molecule has 5 nitrogen and oxygen atoms in total. The fourth-order valence-corrected chi connectivity index (χ4v) is 5.06. The van der Waals surface area contributed by atoms with E-state index < -0.39 is 15.7 Å². The standard InChI is InChI=1S/C24H21FN2O3S/c1-16-14-23(17(2)13-21(16)25)31(29,30)20-7-3-18(4-8-20)5-9-22(28)19-6-10-24-26-11-12-27(24)15-19/h3-4,6-8,10-15H,5,9H2,1-2H3. The summed E-state index contributed by atoms with van der Waals surface area (Å²) >= 11 is 0. The third-order valence-corrected chi connectivity index (χ3v) is 7.24. The zero-order valence-corrected chi connectivity index (χ0v) is 18.0. The summed E-state index contributed by atoms with van der Waals surface area (Å²) < 4.78 is 41.5. The zero-order chi connectivity index (χ0) is 22.2. The number of pyridine rings is 1. The molecule has 2 heterocycles. The first-order chi connectivity index (χ1) is 14.8. The van der Waals surface area contributed by atoms with Gasteiger partial charge < -0.3 is 4.40 Å². The second-order valence-corrected chi connectivity index (χ2v) is 9.47. The van der Waals surface area contributed by atoms with E-state index in [1.807, 2.05) is 0 Å². The van der Waals surface area contributed by atoms with Gasteiger partial charge in [-0.25, -0.2) is 17.8 Å². The first-order valence-corrected chi connectivity index (χ1v) is 11.3. The van der Waals surface area contributed by atoms with Gasteiger partial charge >= 0.3 is 0 Å². The van der Waals surface area contributed by atoms with Crippen LogP contribution >= 0.6 is 0 Å². The molecule has 0 aliphatic rings. The van der Waals surface area contributed by atoms with Crippen LogP contribution in [-0.2, 0) is 16.3 Å². The third kappa shape index (κ3) is 4.14. The number of sulfone groups is 1. The Morgan fingerprint density at radius 3 is 2.52 bits per heavy atom. The Labute approximate surface area is 180 Å². The van der Waals surface area contributed by atoms with Crippen molar-refractivity contribution < 1.29 is 17.6 Å². The maximum absolute atomic E-state index is 13.7. The van der Waals surface area contributed by atoms with Crippen LogP contribution < -0.4 is 0 Å². The first-order valence-electron chi connectivity index (χ1n) is 9.82. The minimum atomic E-state index is -3.76. The van der Waals surface area contributed by atoms with Crippen LogP contribution in [0.3, 0.4) is 0 Å². The minimum absolute atomic E-state index is 0.00436. The van der Waals surface area contributed by atoms with E-state index in [2.05, 4.69) is 4.98 Å². The molecule has 0 N–H and O–H groups in total. The zero-order valence-electron chi connectivity index (χ0n) is 17.2. The Morgan fingerprint density at radius 2 is 1.77 bits per heavy atom. The quantitative estimate of drug-likeness (QED) is 0.323. The number of aromatic nitrogens is 2. The van der Waals surface area contributed by atoms with Crippen molar-refractivity contribution >= 4 is 21.3 Å². The first kappa shape index (κ1) is 20.9. The highest BCUT2D eigenvalue weighted by atomic mass is 32.2. The van der Waals surface area contributed by atoms with Crippen molar-refractivity contribution in [1.29, 1.82) is 0 Å². The van der Waals surface area contributed by atoms with E-state index in [1.165, 1.54) is 24.3 Å². The average molecular weight is 437 g/mol. The number of hydrogen-bond donors (Lipinski definition) is 0. The summed E-state index contributed by atoms with van der Waals surface area (Å²) in [6.07, 6.45) is 6.02. The van der Waals surface area contributed by atoms with Gasteiger partial charge in [0.05, 0.1) is 9.79 Å². The van der Waals surface area contributed by atoms with E-state index >= 15 is 0 Å². The van der Waals surface area contributed by atoms with Crippen LogP contribution in [0, 0.1) is 19.7 Å². The van der Waals surface area contributed by atoms with Crippen molar-refractivity contribution in [3.63, 3.8) is 0 Å². The van der Waals surface area contributed by atoms with Crippen molar-refractivity contribution in [1.82, 2.24) is 9.38 Å². The van der Waals surface area contributed by atoms with Crippen LogP contribution in [0.1, 0.15) is 33.5 Å². The summed E-state index contributed by atoms with van der Waals surface area (Å²) in [6.45, 7) is 3.12. The van der Waals surface area contributed by atoms with E-state index in [-0.39, 0.29) is 21.1 Å². The molecule has 0 radical (unpaired) electrons. The number of halogens is 1. The van der Waals surface area contributed by atoms with Crippen LogP contribution in [0.5, 0.6) is 0 Å². The van der Waals surface area contributed by atoms with E-state index in [1.54, 1.807) is 61.1 Å². The van der Waals surface area contributed by atoms with Crippen molar-refractivity contribution in [3.05, 3.63) is 95.2 Å². The van der Waals surface area contributed by atoms with E-state index in [0.29, 0.717) is 24.0 Å². The van der Waals surface area contributed by atoms with Gasteiger partial charge in [0.15, 0.2) is 5.78 Å². The summed E-state index contributed by atoms with van der Waals surface area (Å²) in [6, 6.07) is 12.7. The molecule has 4 aromatic rings. The number of carbonyl (C=O) groups is 1. The number of benzene rings is 2. The molecule has 158 valence electrons. The largest absolute Gasteiger partial charge is 0.306 e. The van der Waals surface area contributed by atoms with Crippen LogP contribution in [0.4, 0.5) is 4.39 Å². The number of aryl methyl sites for hydroxylation is 3. The van der Waals surface area contributed by atoms with Crippen LogP contribution in [0.2, 0.25) is 0 Å². The number of fused-ring (bicyclic) bond motifs is 1. The van der Waals surface area contributed by atoms with Gasteiger partial charge in [-0.15, -0.1) is 0 Å². The fraction of sp³-hybridized carbons (Fsp3) is 0.167. The predicted molar refractivity (Wildman–Crippen MR) is 116 cm³/mol. The summed E-state index contributed by atoms with van der Waals surface area (Å²) in [5.74, 6) is -0.423. The molecule has 0 bridgehead atoms. The molecule has 0 saturated heterocycles. The Kier molecular flexibility index (Phi) is 5.45. The maximum Gasteiger partial charge on any atom is 0.206 e. The second-order valence-electron chi connectivity index (χ2n) is 7.55. The number of ketones is 1. The van der Waals surface area contributed by atoms with Gasteiger partial charge in [-0.3, -0.25) is 4.79 Å². The molecule has 0 fully saturated rings. The van der Waals surface area contributed by atoms with Gasteiger partial charge in [0.2, 0.25) is 9.84 Å². The third-order valence-electron chi connectivity index (χ3n) is 5.33. The van der Waals surface area contributed by atoms with Crippen LogP contribution in [0.25, 0.3) is 5.65 Å².